The van der Waals surface area contributed by atoms with Crippen molar-refractivity contribution >= 4 is 17.4 Å². The quantitative estimate of drug-likeness (QED) is 0.688. The van der Waals surface area contributed by atoms with Gasteiger partial charge in [0, 0.05) is 4.90 Å². The number of phenols is 1. The van der Waals surface area contributed by atoms with E-state index in [2.05, 4.69) is 0 Å². The first-order valence-corrected chi connectivity index (χ1v) is 5.89. The van der Waals surface area contributed by atoms with Crippen molar-refractivity contribution in [2.75, 3.05) is 0 Å². The van der Waals surface area contributed by atoms with Crippen molar-refractivity contribution in [2.45, 2.75) is 9.79 Å². The molecule has 0 unspecified atom stereocenters. The molecule has 0 aromatic heterocycles. The predicted octanol–water partition coefficient (Wildman–Crippen LogP) is 3.73. The zero-order chi connectivity index (χ0) is 14.0. The Kier molecular flexibility index (Phi) is 3.66. The molecule has 0 saturated heterocycles. The molecule has 2 aromatic rings. The zero-order valence-corrected chi connectivity index (χ0v) is 10.2. The number of hydrogen-bond acceptors (Lipinski definition) is 4. The Hall–Kier alpha value is -2.15. The van der Waals surface area contributed by atoms with Crippen LogP contribution in [-0.4, -0.2) is 10.0 Å². The molecule has 1 N–H and O–H groups in total. The molecular weight excluding hydrogens is 276 g/mol. The zero-order valence-electron chi connectivity index (χ0n) is 9.34. The van der Waals surface area contributed by atoms with Crippen LogP contribution in [0.5, 0.6) is 5.75 Å². The number of halogens is 2. The van der Waals surface area contributed by atoms with E-state index in [4.69, 9.17) is 5.11 Å². The van der Waals surface area contributed by atoms with Gasteiger partial charge in [-0.05, 0) is 24.3 Å². The van der Waals surface area contributed by atoms with Gasteiger partial charge in [0.15, 0.2) is 0 Å². The molecule has 0 aliphatic rings. The van der Waals surface area contributed by atoms with Crippen LogP contribution in [0.4, 0.5) is 14.5 Å². The second kappa shape index (κ2) is 5.23. The topological polar surface area (TPSA) is 63.4 Å². The highest BCUT2D eigenvalue weighted by atomic mass is 32.2. The van der Waals surface area contributed by atoms with E-state index in [0.29, 0.717) is 17.0 Å². The molecular formula is C12H7F2NO3S. The summed E-state index contributed by atoms with van der Waals surface area (Å²) in [6.45, 7) is 0. The summed E-state index contributed by atoms with van der Waals surface area (Å²) in [5.41, 5.74) is -0.634. The average Bonchev–Trinajstić information content (AvgIpc) is 2.35. The normalized spacial score (nSPS) is 10.4. The maximum Gasteiger partial charge on any atom is 0.275 e. The van der Waals surface area contributed by atoms with E-state index in [0.717, 1.165) is 11.8 Å². The second-order valence-corrected chi connectivity index (χ2v) is 4.68. The first-order valence-electron chi connectivity index (χ1n) is 5.07. The van der Waals surface area contributed by atoms with Crippen LogP contribution in [0.25, 0.3) is 0 Å². The summed E-state index contributed by atoms with van der Waals surface area (Å²) in [6, 6.07) is 7.07. The van der Waals surface area contributed by atoms with Crippen molar-refractivity contribution in [1.82, 2.24) is 0 Å². The van der Waals surface area contributed by atoms with Crippen LogP contribution < -0.4 is 0 Å². The minimum Gasteiger partial charge on any atom is -0.508 e. The third kappa shape index (κ3) is 3.00. The Morgan fingerprint density at radius 2 is 1.63 bits per heavy atom. The molecule has 0 aliphatic heterocycles. The van der Waals surface area contributed by atoms with Gasteiger partial charge in [-0.25, -0.2) is 8.78 Å². The fraction of sp³-hybridized carbons (Fsp3) is 0. The summed E-state index contributed by atoms with van der Waals surface area (Å²) >= 11 is 0.786. The highest BCUT2D eigenvalue weighted by molar-refractivity contribution is 7.99. The predicted molar refractivity (Wildman–Crippen MR) is 65.2 cm³/mol. The molecule has 0 spiro atoms. The number of nitro benzene ring substituents is 1. The number of hydrogen-bond donors (Lipinski definition) is 1. The third-order valence-corrected chi connectivity index (χ3v) is 3.35. The van der Waals surface area contributed by atoms with Gasteiger partial charge in [-0.15, -0.1) is 0 Å². The van der Waals surface area contributed by atoms with E-state index in [1.165, 1.54) is 24.3 Å². The fourth-order valence-electron chi connectivity index (χ4n) is 1.38. The minimum atomic E-state index is -0.996. The number of nitro groups is 1. The van der Waals surface area contributed by atoms with Crippen molar-refractivity contribution in [3.8, 4) is 5.75 Å². The Bertz CT molecular complexity index is 608. The molecule has 0 saturated carbocycles. The van der Waals surface area contributed by atoms with E-state index in [1.54, 1.807) is 0 Å². The van der Waals surface area contributed by atoms with Crippen LogP contribution >= 0.6 is 11.8 Å². The molecule has 0 heterocycles. The van der Waals surface area contributed by atoms with E-state index in [9.17, 15) is 18.9 Å². The van der Waals surface area contributed by atoms with Gasteiger partial charge < -0.3 is 5.11 Å². The van der Waals surface area contributed by atoms with Gasteiger partial charge in [-0.2, -0.15) is 0 Å². The maximum absolute atomic E-state index is 13.6. The van der Waals surface area contributed by atoms with Gasteiger partial charge in [0.2, 0.25) is 0 Å². The van der Waals surface area contributed by atoms with E-state index in [1.807, 2.05) is 0 Å². The Morgan fingerprint density at radius 1 is 1.11 bits per heavy atom. The van der Waals surface area contributed by atoms with Crippen molar-refractivity contribution in [1.29, 1.82) is 0 Å². The maximum atomic E-state index is 13.6. The smallest absolute Gasteiger partial charge is 0.275 e. The number of aromatic hydroxyl groups is 1. The van der Waals surface area contributed by atoms with Gasteiger partial charge >= 0.3 is 0 Å². The molecule has 98 valence electrons. The largest absolute Gasteiger partial charge is 0.508 e. The monoisotopic (exact) mass is 283 g/mol. The number of phenolic OH excluding ortho intramolecular Hbond substituents is 1. The first kappa shape index (κ1) is 13.3. The van der Waals surface area contributed by atoms with Gasteiger partial charge in [-0.3, -0.25) is 10.1 Å². The van der Waals surface area contributed by atoms with Crippen molar-refractivity contribution in [2.24, 2.45) is 0 Å². The highest BCUT2D eigenvalue weighted by Crippen LogP contribution is 2.34. The lowest BCUT2D eigenvalue weighted by molar-refractivity contribution is -0.385. The molecule has 0 radical (unpaired) electrons. The lowest BCUT2D eigenvalue weighted by Gasteiger charge is -2.05. The SMILES string of the molecule is O=[N+]([O-])c1cc(F)c(Sc2ccc(O)cc2)c(F)c1. The van der Waals surface area contributed by atoms with Crippen LogP contribution in [0.2, 0.25) is 0 Å². The molecule has 0 aliphatic carbocycles. The summed E-state index contributed by atoms with van der Waals surface area (Å²) in [5.74, 6) is -1.96. The molecule has 7 heteroatoms. The molecule has 4 nitrogen and oxygen atoms in total. The van der Waals surface area contributed by atoms with Crippen LogP contribution in [0.3, 0.4) is 0 Å². The number of benzene rings is 2. The van der Waals surface area contributed by atoms with E-state index >= 15 is 0 Å². The lowest BCUT2D eigenvalue weighted by Crippen LogP contribution is -1.94. The summed E-state index contributed by atoms with van der Waals surface area (Å²) in [7, 11) is 0. The van der Waals surface area contributed by atoms with Gasteiger partial charge in [0.1, 0.15) is 17.4 Å². The number of rotatable bonds is 3. The van der Waals surface area contributed by atoms with Gasteiger partial charge in [0.25, 0.3) is 5.69 Å². The van der Waals surface area contributed by atoms with Gasteiger partial charge in [0.05, 0.1) is 22.0 Å². The van der Waals surface area contributed by atoms with Crippen LogP contribution in [0.15, 0.2) is 46.2 Å². The van der Waals surface area contributed by atoms with Crippen molar-refractivity contribution in [3.05, 3.63) is 58.1 Å². The Labute approximate surface area is 110 Å². The number of nitrogens with zero attached hydrogens (tertiary/aromatic N) is 1. The molecule has 2 rings (SSSR count). The van der Waals surface area contributed by atoms with Crippen LogP contribution in [-0.2, 0) is 0 Å². The average molecular weight is 283 g/mol. The molecule has 0 amide bonds. The lowest BCUT2D eigenvalue weighted by atomic mass is 10.3. The van der Waals surface area contributed by atoms with E-state index in [-0.39, 0.29) is 10.6 Å². The minimum absolute atomic E-state index is 0.0361. The van der Waals surface area contributed by atoms with Crippen LogP contribution in [0.1, 0.15) is 0 Å². The Morgan fingerprint density at radius 3 is 2.11 bits per heavy atom. The van der Waals surface area contributed by atoms with E-state index < -0.39 is 22.2 Å². The number of non-ortho nitro benzene ring substituents is 1. The third-order valence-electron chi connectivity index (χ3n) is 2.25. The summed E-state index contributed by atoms with van der Waals surface area (Å²) < 4.78 is 27.2. The summed E-state index contributed by atoms with van der Waals surface area (Å²) in [4.78, 5) is 9.77. The molecule has 0 atom stereocenters. The summed E-state index contributed by atoms with van der Waals surface area (Å²) in [6.07, 6.45) is 0. The fourth-order valence-corrected chi connectivity index (χ4v) is 2.20. The molecule has 19 heavy (non-hydrogen) atoms. The molecule has 0 fully saturated rings. The Balaban J connectivity index is 2.35. The van der Waals surface area contributed by atoms with Crippen molar-refractivity contribution in [3.63, 3.8) is 0 Å². The van der Waals surface area contributed by atoms with Crippen molar-refractivity contribution < 1.29 is 18.8 Å². The molecule has 0 bridgehead atoms. The summed E-state index contributed by atoms with van der Waals surface area (Å²) in [5, 5.41) is 19.5. The second-order valence-electron chi connectivity index (χ2n) is 3.59. The van der Waals surface area contributed by atoms with Gasteiger partial charge in [-0.1, -0.05) is 11.8 Å². The van der Waals surface area contributed by atoms with Crippen LogP contribution in [0, 0.1) is 21.7 Å². The first-order chi connectivity index (χ1) is 8.97. The standard InChI is InChI=1S/C12H7F2NO3S/c13-10-5-7(15(17)18)6-11(14)12(10)19-9-3-1-8(16)2-4-9/h1-6,16H. The highest BCUT2D eigenvalue weighted by Gasteiger charge is 2.17. The molecule has 2 aromatic carbocycles.